The highest BCUT2D eigenvalue weighted by atomic mass is 16.2. The number of nitrogens with one attached hydrogen (secondary N) is 1. The number of pyridine rings is 1. The van der Waals surface area contributed by atoms with Gasteiger partial charge in [0.15, 0.2) is 0 Å². The van der Waals surface area contributed by atoms with Gasteiger partial charge in [-0.3, -0.25) is 14.7 Å². The van der Waals surface area contributed by atoms with E-state index in [4.69, 9.17) is 0 Å². The number of rotatable bonds is 5. The maximum atomic E-state index is 12.9. The van der Waals surface area contributed by atoms with Crippen molar-refractivity contribution in [2.24, 2.45) is 0 Å². The molecule has 1 amide bonds. The standard InChI is InChI=1S/C22H27N3O/c1-16-14-23-12-11-19(16)15-25-13-3-2-4-21(25)22(26)24-20-9-7-18(8-10-20)17-5-6-17/h7-12,14,17,21H,2-6,13,15H2,1H3,(H,24,26)/t21-/m1/s1. The average Bonchev–Trinajstić information content (AvgIpc) is 3.50. The number of aromatic nitrogens is 1. The first-order chi connectivity index (χ1) is 12.7. The lowest BCUT2D eigenvalue weighted by atomic mass is 9.99. The van der Waals surface area contributed by atoms with Gasteiger partial charge >= 0.3 is 0 Å². The fraction of sp³-hybridized carbons (Fsp3) is 0.455. The van der Waals surface area contributed by atoms with Crippen LogP contribution in [0.15, 0.2) is 42.7 Å². The molecule has 2 aliphatic rings. The van der Waals surface area contributed by atoms with Gasteiger partial charge in [-0.2, -0.15) is 0 Å². The molecule has 1 aromatic carbocycles. The smallest absolute Gasteiger partial charge is 0.241 e. The molecular weight excluding hydrogens is 322 g/mol. The van der Waals surface area contributed by atoms with E-state index in [2.05, 4.69) is 40.3 Å². The van der Waals surface area contributed by atoms with E-state index in [0.717, 1.165) is 44.0 Å². The van der Waals surface area contributed by atoms with Gasteiger partial charge in [-0.05, 0) is 80.0 Å². The van der Waals surface area contributed by atoms with E-state index in [1.807, 2.05) is 24.5 Å². The maximum absolute atomic E-state index is 12.9. The van der Waals surface area contributed by atoms with Crippen molar-refractivity contribution in [3.05, 3.63) is 59.4 Å². The second-order valence-corrected chi connectivity index (χ2v) is 7.67. The molecule has 0 radical (unpaired) electrons. The predicted octanol–water partition coefficient (Wildman–Crippen LogP) is 4.26. The maximum Gasteiger partial charge on any atom is 0.241 e. The number of carbonyl (C=O) groups is 1. The number of nitrogens with zero attached hydrogens (tertiary/aromatic N) is 2. The van der Waals surface area contributed by atoms with E-state index in [-0.39, 0.29) is 11.9 Å². The van der Waals surface area contributed by atoms with Crippen LogP contribution in [0.2, 0.25) is 0 Å². The first kappa shape index (κ1) is 17.2. The van der Waals surface area contributed by atoms with Crippen molar-refractivity contribution in [2.45, 2.75) is 57.5 Å². The number of carbonyl (C=O) groups excluding carboxylic acids is 1. The fourth-order valence-electron chi connectivity index (χ4n) is 3.86. The van der Waals surface area contributed by atoms with Crippen LogP contribution < -0.4 is 5.32 Å². The second kappa shape index (κ2) is 7.58. The number of anilines is 1. The number of likely N-dealkylation sites (tertiary alicyclic amines) is 1. The molecule has 1 aliphatic heterocycles. The van der Waals surface area contributed by atoms with E-state index in [0.29, 0.717) is 0 Å². The molecule has 4 rings (SSSR count). The van der Waals surface area contributed by atoms with Crippen LogP contribution in [0, 0.1) is 6.92 Å². The molecule has 4 nitrogen and oxygen atoms in total. The summed E-state index contributed by atoms with van der Waals surface area (Å²) in [7, 11) is 0. The Bertz CT molecular complexity index is 767. The second-order valence-electron chi connectivity index (χ2n) is 7.67. The molecule has 1 aromatic heterocycles. The molecule has 1 saturated heterocycles. The van der Waals surface area contributed by atoms with Gasteiger partial charge in [0, 0.05) is 24.6 Å². The van der Waals surface area contributed by atoms with E-state index in [1.54, 1.807) is 0 Å². The molecule has 0 unspecified atom stereocenters. The zero-order valence-electron chi connectivity index (χ0n) is 15.4. The summed E-state index contributed by atoms with van der Waals surface area (Å²) in [5.74, 6) is 0.868. The molecule has 26 heavy (non-hydrogen) atoms. The summed E-state index contributed by atoms with van der Waals surface area (Å²) in [4.78, 5) is 19.4. The van der Waals surface area contributed by atoms with Crippen LogP contribution in [0.3, 0.4) is 0 Å². The van der Waals surface area contributed by atoms with Crippen LogP contribution in [0.1, 0.15) is 54.7 Å². The first-order valence-corrected chi connectivity index (χ1v) is 9.75. The number of benzene rings is 1. The molecule has 0 spiro atoms. The monoisotopic (exact) mass is 349 g/mol. The van der Waals surface area contributed by atoms with E-state index in [1.165, 1.54) is 29.5 Å². The minimum atomic E-state index is -0.0561. The van der Waals surface area contributed by atoms with Gasteiger partial charge in [0.1, 0.15) is 0 Å². The Hall–Kier alpha value is -2.20. The van der Waals surface area contributed by atoms with Crippen LogP contribution in [0.25, 0.3) is 0 Å². The van der Waals surface area contributed by atoms with Crippen LogP contribution in [-0.2, 0) is 11.3 Å². The Labute approximate surface area is 155 Å². The van der Waals surface area contributed by atoms with E-state index >= 15 is 0 Å². The summed E-state index contributed by atoms with van der Waals surface area (Å²) >= 11 is 0. The molecule has 1 saturated carbocycles. The van der Waals surface area contributed by atoms with E-state index < -0.39 is 0 Å². The lowest BCUT2D eigenvalue weighted by Crippen LogP contribution is -2.46. The molecule has 4 heteroatoms. The number of hydrogen-bond donors (Lipinski definition) is 1. The van der Waals surface area contributed by atoms with E-state index in [9.17, 15) is 4.79 Å². The van der Waals surface area contributed by atoms with Crippen molar-refractivity contribution < 1.29 is 4.79 Å². The Balaban J connectivity index is 1.43. The molecular formula is C22H27N3O. The summed E-state index contributed by atoms with van der Waals surface area (Å²) in [6.07, 6.45) is 9.54. The summed E-state index contributed by atoms with van der Waals surface area (Å²) in [5.41, 5.74) is 4.75. The quantitative estimate of drug-likeness (QED) is 0.877. The lowest BCUT2D eigenvalue weighted by Gasteiger charge is -2.35. The third-order valence-electron chi connectivity index (χ3n) is 5.65. The zero-order chi connectivity index (χ0) is 17.9. The summed E-state index contributed by atoms with van der Waals surface area (Å²) in [6, 6.07) is 10.4. The normalized spacial score (nSPS) is 20.7. The number of aryl methyl sites for hydroxylation is 1. The number of piperidine rings is 1. The Morgan fingerprint density at radius 3 is 2.69 bits per heavy atom. The third-order valence-corrected chi connectivity index (χ3v) is 5.65. The highest BCUT2D eigenvalue weighted by molar-refractivity contribution is 5.94. The number of hydrogen-bond acceptors (Lipinski definition) is 3. The van der Waals surface area contributed by atoms with Crippen LogP contribution in [0.5, 0.6) is 0 Å². The van der Waals surface area contributed by atoms with Gasteiger partial charge in [0.2, 0.25) is 5.91 Å². The van der Waals surface area contributed by atoms with Crippen LogP contribution >= 0.6 is 0 Å². The van der Waals surface area contributed by atoms with Gasteiger partial charge in [-0.15, -0.1) is 0 Å². The Morgan fingerprint density at radius 2 is 1.96 bits per heavy atom. The highest BCUT2D eigenvalue weighted by Crippen LogP contribution is 2.40. The lowest BCUT2D eigenvalue weighted by molar-refractivity contribution is -0.122. The minimum Gasteiger partial charge on any atom is -0.325 e. The molecule has 0 bridgehead atoms. The molecule has 2 fully saturated rings. The zero-order valence-corrected chi connectivity index (χ0v) is 15.4. The summed E-state index contributed by atoms with van der Waals surface area (Å²) in [6.45, 7) is 3.87. The van der Waals surface area contributed by atoms with Gasteiger partial charge in [-0.1, -0.05) is 18.6 Å². The molecule has 2 heterocycles. The summed E-state index contributed by atoms with van der Waals surface area (Å²) < 4.78 is 0. The van der Waals surface area contributed by atoms with Gasteiger partial charge in [0.25, 0.3) is 0 Å². The minimum absolute atomic E-state index is 0.0561. The van der Waals surface area contributed by atoms with Crippen molar-refractivity contribution in [1.29, 1.82) is 0 Å². The SMILES string of the molecule is Cc1cnccc1CN1CCCC[C@@H]1C(=O)Nc1ccc(C2CC2)cc1. The van der Waals surface area contributed by atoms with Crippen LogP contribution in [0.4, 0.5) is 5.69 Å². The first-order valence-electron chi connectivity index (χ1n) is 9.75. The van der Waals surface area contributed by atoms with Crippen molar-refractivity contribution in [2.75, 3.05) is 11.9 Å². The Kier molecular flexibility index (Phi) is 5.02. The van der Waals surface area contributed by atoms with Crippen molar-refractivity contribution >= 4 is 11.6 Å². The van der Waals surface area contributed by atoms with Crippen molar-refractivity contribution in [3.63, 3.8) is 0 Å². The number of amides is 1. The van der Waals surface area contributed by atoms with Crippen molar-refractivity contribution in [1.82, 2.24) is 9.88 Å². The predicted molar refractivity (Wildman–Crippen MR) is 104 cm³/mol. The summed E-state index contributed by atoms with van der Waals surface area (Å²) in [5, 5.41) is 3.14. The van der Waals surface area contributed by atoms with Gasteiger partial charge < -0.3 is 5.32 Å². The molecule has 1 N–H and O–H groups in total. The fourth-order valence-corrected chi connectivity index (χ4v) is 3.86. The van der Waals surface area contributed by atoms with Gasteiger partial charge in [0.05, 0.1) is 6.04 Å². The third kappa shape index (κ3) is 3.96. The molecule has 136 valence electrons. The topological polar surface area (TPSA) is 45.2 Å². The van der Waals surface area contributed by atoms with Gasteiger partial charge in [-0.25, -0.2) is 0 Å². The molecule has 1 aliphatic carbocycles. The Morgan fingerprint density at radius 1 is 1.15 bits per heavy atom. The van der Waals surface area contributed by atoms with Crippen molar-refractivity contribution in [3.8, 4) is 0 Å². The molecule has 1 atom stereocenters. The van der Waals surface area contributed by atoms with Crippen LogP contribution in [-0.4, -0.2) is 28.4 Å². The largest absolute Gasteiger partial charge is 0.325 e. The molecule has 2 aromatic rings. The average molecular weight is 349 g/mol. The highest BCUT2D eigenvalue weighted by Gasteiger charge is 2.29.